The van der Waals surface area contributed by atoms with Crippen LogP contribution in [0.15, 0.2) is 29.5 Å². The normalized spacial score (nSPS) is 27.9. The zero-order chi connectivity index (χ0) is 19.3. The van der Waals surface area contributed by atoms with Gasteiger partial charge in [0.2, 0.25) is 5.91 Å². The Labute approximate surface area is 155 Å². The standard InChI is InChI=1S/C17H20N4O4S/c1-3-25-16(23)14-13(10-4-6-20-7-5-10)11(8-18)15(21-17(14,2)24)26-9-12(19)22/h4-7,11,13-14,24H,3,9H2,1-2H3,(H2,19,22). The summed E-state index contributed by atoms with van der Waals surface area (Å²) in [6, 6.07) is 5.51. The molecular weight excluding hydrogens is 356 g/mol. The predicted molar refractivity (Wildman–Crippen MR) is 95.9 cm³/mol. The summed E-state index contributed by atoms with van der Waals surface area (Å²) in [6.07, 6.45) is 3.09. The lowest BCUT2D eigenvalue weighted by atomic mass is 9.71. The average Bonchev–Trinajstić information content (AvgIpc) is 2.59. The lowest BCUT2D eigenvalue weighted by Gasteiger charge is -2.41. The first kappa shape index (κ1) is 19.9. The average molecular weight is 376 g/mol. The molecule has 26 heavy (non-hydrogen) atoms. The summed E-state index contributed by atoms with van der Waals surface area (Å²) in [7, 11) is 0. The van der Waals surface area contributed by atoms with Crippen molar-refractivity contribution < 1.29 is 19.4 Å². The Kier molecular flexibility index (Phi) is 6.34. The van der Waals surface area contributed by atoms with Crippen LogP contribution in [-0.4, -0.2) is 45.1 Å². The van der Waals surface area contributed by atoms with Gasteiger partial charge < -0.3 is 15.6 Å². The quantitative estimate of drug-likeness (QED) is 0.725. The largest absolute Gasteiger partial charge is 0.466 e. The van der Waals surface area contributed by atoms with Crippen molar-refractivity contribution in [1.82, 2.24) is 4.98 Å². The van der Waals surface area contributed by atoms with Crippen molar-refractivity contribution in [3.05, 3.63) is 30.1 Å². The van der Waals surface area contributed by atoms with Gasteiger partial charge in [0.25, 0.3) is 0 Å². The van der Waals surface area contributed by atoms with Gasteiger partial charge in [-0.25, -0.2) is 4.99 Å². The molecule has 1 aliphatic rings. The zero-order valence-electron chi connectivity index (χ0n) is 14.5. The van der Waals surface area contributed by atoms with Crippen LogP contribution in [0.5, 0.6) is 0 Å². The Bertz CT molecular complexity index is 745. The fourth-order valence-electron chi connectivity index (χ4n) is 3.02. The molecule has 0 bridgehead atoms. The summed E-state index contributed by atoms with van der Waals surface area (Å²) in [5.41, 5.74) is 4.03. The highest BCUT2D eigenvalue weighted by Gasteiger charge is 2.52. The molecule has 8 nitrogen and oxygen atoms in total. The van der Waals surface area contributed by atoms with Gasteiger partial charge in [0.05, 0.1) is 23.5 Å². The van der Waals surface area contributed by atoms with E-state index in [0.717, 1.165) is 11.8 Å². The maximum absolute atomic E-state index is 12.6. The summed E-state index contributed by atoms with van der Waals surface area (Å²) in [4.78, 5) is 31.8. The number of aromatic nitrogens is 1. The molecule has 138 valence electrons. The minimum atomic E-state index is -1.80. The molecule has 9 heteroatoms. The van der Waals surface area contributed by atoms with Crippen LogP contribution in [0.2, 0.25) is 0 Å². The summed E-state index contributed by atoms with van der Waals surface area (Å²) in [5.74, 6) is -3.90. The Hall–Kier alpha value is -2.44. The summed E-state index contributed by atoms with van der Waals surface area (Å²) < 4.78 is 5.12. The van der Waals surface area contributed by atoms with Crippen molar-refractivity contribution in [2.45, 2.75) is 25.5 Å². The minimum absolute atomic E-state index is 0.0831. The molecule has 0 radical (unpaired) electrons. The van der Waals surface area contributed by atoms with E-state index in [1.54, 1.807) is 31.5 Å². The van der Waals surface area contributed by atoms with Gasteiger partial charge >= 0.3 is 5.97 Å². The highest BCUT2D eigenvalue weighted by molar-refractivity contribution is 8.14. The van der Waals surface area contributed by atoms with Gasteiger partial charge in [-0.05, 0) is 31.5 Å². The Morgan fingerprint density at radius 1 is 1.46 bits per heavy atom. The van der Waals surface area contributed by atoms with Crippen LogP contribution in [0.1, 0.15) is 25.3 Å². The van der Waals surface area contributed by atoms with Crippen molar-refractivity contribution >= 4 is 28.7 Å². The SMILES string of the molecule is CCOC(=O)C1C(c2ccncc2)C(C#N)C(SCC(N)=O)=NC1(C)O. The van der Waals surface area contributed by atoms with E-state index < -0.39 is 35.4 Å². The predicted octanol–water partition coefficient (Wildman–Crippen LogP) is 0.823. The number of amides is 1. The number of pyridine rings is 1. The first-order chi connectivity index (χ1) is 12.3. The molecule has 4 atom stereocenters. The van der Waals surface area contributed by atoms with E-state index >= 15 is 0 Å². The molecule has 0 saturated carbocycles. The summed E-state index contributed by atoms with van der Waals surface area (Å²) in [5, 5.41) is 20.9. The lowest BCUT2D eigenvalue weighted by molar-refractivity contribution is -0.159. The van der Waals surface area contributed by atoms with Gasteiger partial charge in [0, 0.05) is 18.3 Å². The molecular formula is C17H20N4O4S. The summed E-state index contributed by atoms with van der Waals surface area (Å²) >= 11 is 0.991. The van der Waals surface area contributed by atoms with Crippen LogP contribution in [0.4, 0.5) is 0 Å². The number of thioether (sulfide) groups is 1. The van der Waals surface area contributed by atoms with Crippen LogP contribution in [0.3, 0.4) is 0 Å². The van der Waals surface area contributed by atoms with Crippen LogP contribution in [0, 0.1) is 23.2 Å². The van der Waals surface area contributed by atoms with Crippen LogP contribution in [0.25, 0.3) is 0 Å². The lowest BCUT2D eigenvalue weighted by Crippen LogP contribution is -2.50. The first-order valence-electron chi connectivity index (χ1n) is 8.01. The maximum Gasteiger partial charge on any atom is 0.314 e. The van der Waals surface area contributed by atoms with Crippen molar-refractivity contribution in [2.75, 3.05) is 12.4 Å². The molecule has 0 saturated heterocycles. The van der Waals surface area contributed by atoms with Crippen molar-refractivity contribution in [3.8, 4) is 6.07 Å². The molecule has 2 heterocycles. The number of primary amides is 1. The van der Waals surface area contributed by atoms with E-state index in [2.05, 4.69) is 16.0 Å². The third-order valence-corrected chi connectivity index (χ3v) is 5.11. The Balaban J connectivity index is 2.56. The molecule has 0 spiro atoms. The number of aliphatic imine (C=N–C) groups is 1. The third kappa shape index (κ3) is 4.20. The van der Waals surface area contributed by atoms with E-state index in [4.69, 9.17) is 10.5 Å². The van der Waals surface area contributed by atoms with Crippen molar-refractivity contribution in [1.29, 1.82) is 5.26 Å². The third-order valence-electron chi connectivity index (χ3n) is 4.04. The number of nitrogens with two attached hydrogens (primary N) is 1. The minimum Gasteiger partial charge on any atom is -0.466 e. The van der Waals surface area contributed by atoms with Gasteiger partial charge in [-0.15, -0.1) is 0 Å². The molecule has 0 aliphatic carbocycles. The summed E-state index contributed by atoms with van der Waals surface area (Å²) in [6.45, 7) is 3.19. The highest BCUT2D eigenvalue weighted by Crippen LogP contribution is 2.45. The van der Waals surface area contributed by atoms with Crippen LogP contribution < -0.4 is 5.73 Å². The molecule has 0 fully saturated rings. The number of hydrogen-bond acceptors (Lipinski definition) is 8. The number of nitrogens with zero attached hydrogens (tertiary/aromatic N) is 3. The number of ether oxygens (including phenoxy) is 1. The van der Waals surface area contributed by atoms with E-state index in [0.29, 0.717) is 5.56 Å². The van der Waals surface area contributed by atoms with Gasteiger partial charge in [-0.1, -0.05) is 11.8 Å². The van der Waals surface area contributed by atoms with E-state index in [9.17, 15) is 20.0 Å². The zero-order valence-corrected chi connectivity index (χ0v) is 15.3. The molecule has 2 rings (SSSR count). The fourth-order valence-corrected chi connectivity index (χ4v) is 3.94. The first-order valence-corrected chi connectivity index (χ1v) is 8.99. The molecule has 1 aromatic rings. The number of aliphatic hydroxyl groups is 1. The van der Waals surface area contributed by atoms with Gasteiger partial charge in [-0.2, -0.15) is 5.26 Å². The number of rotatable bonds is 5. The van der Waals surface area contributed by atoms with Crippen LogP contribution >= 0.6 is 11.8 Å². The smallest absolute Gasteiger partial charge is 0.314 e. The van der Waals surface area contributed by atoms with E-state index in [1.807, 2.05) is 0 Å². The topological polar surface area (TPSA) is 139 Å². The molecule has 0 aromatic carbocycles. The molecule has 3 N–H and O–H groups in total. The van der Waals surface area contributed by atoms with E-state index in [-0.39, 0.29) is 17.4 Å². The monoisotopic (exact) mass is 376 g/mol. The Morgan fingerprint density at radius 3 is 2.65 bits per heavy atom. The van der Waals surface area contributed by atoms with Crippen molar-refractivity contribution in [2.24, 2.45) is 22.6 Å². The molecule has 1 aliphatic heterocycles. The molecule has 1 aromatic heterocycles. The van der Waals surface area contributed by atoms with Gasteiger partial charge in [-0.3, -0.25) is 14.6 Å². The van der Waals surface area contributed by atoms with Crippen molar-refractivity contribution in [3.63, 3.8) is 0 Å². The number of esters is 1. The fraction of sp³-hybridized carbons (Fsp3) is 0.471. The number of carbonyl (C=O) groups excluding carboxylic acids is 2. The van der Waals surface area contributed by atoms with Gasteiger partial charge in [0.1, 0.15) is 11.8 Å². The number of hydrogen-bond donors (Lipinski definition) is 2. The highest BCUT2D eigenvalue weighted by atomic mass is 32.2. The number of carbonyl (C=O) groups is 2. The Morgan fingerprint density at radius 2 is 2.12 bits per heavy atom. The van der Waals surface area contributed by atoms with E-state index in [1.165, 1.54) is 6.92 Å². The molecule has 4 unspecified atom stereocenters. The molecule has 1 amide bonds. The second-order valence-electron chi connectivity index (χ2n) is 5.94. The second kappa shape index (κ2) is 8.29. The number of nitriles is 1. The second-order valence-corrected chi connectivity index (χ2v) is 6.94. The maximum atomic E-state index is 12.6. The van der Waals surface area contributed by atoms with Crippen LogP contribution in [-0.2, 0) is 14.3 Å². The van der Waals surface area contributed by atoms with Gasteiger partial charge in [0.15, 0.2) is 5.72 Å².